The first-order valence-electron chi connectivity index (χ1n) is 8.56. The maximum absolute atomic E-state index is 12.5. The molecule has 2 atom stereocenters. The number of rotatable bonds is 4. The number of sulfone groups is 1. The molecule has 0 unspecified atom stereocenters. The minimum absolute atomic E-state index is 0.0199. The first-order chi connectivity index (χ1) is 11.8. The van der Waals surface area contributed by atoms with Gasteiger partial charge in [-0.25, -0.2) is 13.2 Å². The number of ether oxygens (including phenoxy) is 1. The molecule has 1 saturated heterocycles. The Hall–Kier alpha value is -1.41. The highest BCUT2D eigenvalue weighted by Gasteiger charge is 2.35. The van der Waals surface area contributed by atoms with E-state index in [1.165, 1.54) is 9.78 Å². The molecular weight excluding hydrogens is 362 g/mol. The Kier molecular flexibility index (Phi) is 5.20. The van der Waals surface area contributed by atoms with Crippen LogP contribution in [0.15, 0.2) is 5.38 Å². The zero-order chi connectivity index (χ0) is 18.2. The van der Waals surface area contributed by atoms with Crippen LogP contribution in [-0.2, 0) is 32.2 Å². The zero-order valence-corrected chi connectivity index (χ0v) is 16.1. The highest BCUT2D eigenvalue weighted by Crippen LogP contribution is 2.31. The summed E-state index contributed by atoms with van der Waals surface area (Å²) in [6.45, 7) is 1.54. The molecule has 0 bridgehead atoms. The molecule has 1 aliphatic heterocycles. The lowest BCUT2D eigenvalue weighted by Crippen LogP contribution is -2.44. The average Bonchev–Trinajstić information content (AvgIpc) is 3.16. The summed E-state index contributed by atoms with van der Waals surface area (Å²) in [5.74, 6) is -0.745. The summed E-state index contributed by atoms with van der Waals surface area (Å²) in [7, 11) is -1.49. The summed E-state index contributed by atoms with van der Waals surface area (Å²) in [6.07, 6.45) is 3.60. The van der Waals surface area contributed by atoms with Crippen molar-refractivity contribution in [2.75, 3.05) is 18.6 Å². The number of hydrogen-bond acceptors (Lipinski definition) is 6. The minimum Gasteiger partial charge on any atom is -0.449 e. The molecule has 0 radical (unpaired) electrons. The molecule has 138 valence electrons. The maximum Gasteiger partial charge on any atom is 0.340 e. The fourth-order valence-corrected chi connectivity index (χ4v) is 6.38. The lowest BCUT2D eigenvalue weighted by atomic mass is 9.96. The Morgan fingerprint density at radius 1 is 1.32 bits per heavy atom. The van der Waals surface area contributed by atoms with Crippen molar-refractivity contribution < 1.29 is 22.7 Å². The molecule has 1 aromatic heterocycles. The van der Waals surface area contributed by atoms with Crippen LogP contribution in [0.4, 0.5) is 0 Å². The van der Waals surface area contributed by atoms with E-state index >= 15 is 0 Å². The standard InChI is InChI=1S/C17H23NO5S2/c1-11(16(19)18(2)12-7-8-25(21,22)10-12)23-17(20)14-9-24-15-6-4-3-5-13(14)15/h9,11-12H,3-8,10H2,1-2H3/t11-,12-/m0/s1. The Labute approximate surface area is 152 Å². The molecule has 3 rings (SSSR count). The summed E-state index contributed by atoms with van der Waals surface area (Å²) in [4.78, 5) is 27.6. The van der Waals surface area contributed by atoms with Gasteiger partial charge in [0.15, 0.2) is 15.9 Å². The molecule has 1 aromatic rings. The molecular formula is C17H23NO5S2. The Morgan fingerprint density at radius 2 is 2.04 bits per heavy atom. The number of carbonyl (C=O) groups is 2. The van der Waals surface area contributed by atoms with Crippen LogP contribution in [0.2, 0.25) is 0 Å². The Morgan fingerprint density at radius 3 is 2.72 bits per heavy atom. The molecule has 1 amide bonds. The van der Waals surface area contributed by atoms with Crippen LogP contribution >= 0.6 is 11.3 Å². The normalized spacial score (nSPS) is 22.9. The van der Waals surface area contributed by atoms with Crippen molar-refractivity contribution in [3.05, 3.63) is 21.4 Å². The second kappa shape index (κ2) is 7.07. The monoisotopic (exact) mass is 385 g/mol. The van der Waals surface area contributed by atoms with Crippen molar-refractivity contribution >= 4 is 33.1 Å². The predicted molar refractivity (Wildman–Crippen MR) is 95.7 cm³/mol. The van der Waals surface area contributed by atoms with Crippen LogP contribution in [-0.4, -0.2) is 55.9 Å². The summed E-state index contributed by atoms with van der Waals surface area (Å²) in [5.41, 5.74) is 1.64. The predicted octanol–water partition coefficient (Wildman–Crippen LogP) is 1.82. The topological polar surface area (TPSA) is 80.8 Å². The van der Waals surface area contributed by atoms with Crippen molar-refractivity contribution in [1.82, 2.24) is 4.90 Å². The second-order valence-corrected chi connectivity index (χ2v) is 10.0. The van der Waals surface area contributed by atoms with Gasteiger partial charge in [0.2, 0.25) is 0 Å². The highest BCUT2D eigenvalue weighted by atomic mass is 32.2. The third-order valence-electron chi connectivity index (χ3n) is 5.02. The molecule has 1 aliphatic carbocycles. The van der Waals surface area contributed by atoms with Gasteiger partial charge in [0.05, 0.1) is 17.1 Å². The van der Waals surface area contributed by atoms with E-state index in [1.54, 1.807) is 25.3 Å². The molecule has 0 N–H and O–H groups in total. The van der Waals surface area contributed by atoms with Gasteiger partial charge in [0.25, 0.3) is 5.91 Å². The van der Waals surface area contributed by atoms with Crippen LogP contribution in [0.25, 0.3) is 0 Å². The summed E-state index contributed by atoms with van der Waals surface area (Å²) in [5, 5.41) is 1.82. The van der Waals surface area contributed by atoms with Gasteiger partial charge in [0, 0.05) is 23.3 Å². The van der Waals surface area contributed by atoms with Gasteiger partial charge in [-0.05, 0) is 44.6 Å². The molecule has 0 saturated carbocycles. The highest BCUT2D eigenvalue weighted by molar-refractivity contribution is 7.91. The van der Waals surface area contributed by atoms with Gasteiger partial charge in [0.1, 0.15) is 0 Å². The van der Waals surface area contributed by atoms with Gasteiger partial charge in [-0.2, -0.15) is 0 Å². The Bertz CT molecular complexity index is 783. The van der Waals surface area contributed by atoms with E-state index < -0.39 is 21.9 Å². The maximum atomic E-state index is 12.5. The lowest BCUT2D eigenvalue weighted by Gasteiger charge is -2.26. The molecule has 25 heavy (non-hydrogen) atoms. The van der Waals surface area contributed by atoms with Crippen molar-refractivity contribution in [3.8, 4) is 0 Å². The van der Waals surface area contributed by atoms with E-state index in [2.05, 4.69) is 0 Å². The van der Waals surface area contributed by atoms with Crippen LogP contribution in [0, 0.1) is 0 Å². The van der Waals surface area contributed by atoms with E-state index in [4.69, 9.17) is 4.74 Å². The third kappa shape index (κ3) is 3.89. The summed E-state index contributed by atoms with van der Waals surface area (Å²) < 4.78 is 28.6. The number of fused-ring (bicyclic) bond motifs is 1. The fourth-order valence-electron chi connectivity index (χ4n) is 3.49. The van der Waals surface area contributed by atoms with E-state index in [0.29, 0.717) is 12.0 Å². The van der Waals surface area contributed by atoms with Crippen molar-refractivity contribution in [2.45, 2.75) is 51.2 Å². The van der Waals surface area contributed by atoms with E-state index in [9.17, 15) is 18.0 Å². The van der Waals surface area contributed by atoms with Gasteiger partial charge in [-0.15, -0.1) is 11.3 Å². The molecule has 2 heterocycles. The SMILES string of the molecule is C[C@H](OC(=O)c1csc2c1CCCC2)C(=O)N(C)[C@H]1CCS(=O)(=O)C1. The Balaban J connectivity index is 1.63. The smallest absolute Gasteiger partial charge is 0.340 e. The minimum atomic E-state index is -3.07. The summed E-state index contributed by atoms with van der Waals surface area (Å²) >= 11 is 1.58. The number of likely N-dealkylation sites (N-methyl/N-ethyl adjacent to an activating group) is 1. The molecule has 2 aliphatic rings. The third-order valence-corrected chi connectivity index (χ3v) is 7.86. The van der Waals surface area contributed by atoms with Crippen LogP contribution in [0.1, 0.15) is 47.0 Å². The van der Waals surface area contributed by atoms with Crippen LogP contribution in [0.5, 0.6) is 0 Å². The summed E-state index contributed by atoms with van der Waals surface area (Å²) in [6, 6.07) is -0.340. The molecule has 1 fully saturated rings. The molecule has 6 nitrogen and oxygen atoms in total. The van der Waals surface area contributed by atoms with Gasteiger partial charge in [-0.1, -0.05) is 0 Å². The number of thiophene rings is 1. The number of esters is 1. The number of nitrogens with zero attached hydrogens (tertiary/aromatic N) is 1. The number of aryl methyl sites for hydroxylation is 1. The van der Waals surface area contributed by atoms with Gasteiger partial charge >= 0.3 is 5.97 Å². The molecule has 0 aromatic carbocycles. The van der Waals surface area contributed by atoms with Crippen molar-refractivity contribution in [3.63, 3.8) is 0 Å². The quantitative estimate of drug-likeness (QED) is 0.739. The first-order valence-corrected chi connectivity index (χ1v) is 11.3. The van der Waals surface area contributed by atoms with Crippen molar-refractivity contribution in [1.29, 1.82) is 0 Å². The zero-order valence-electron chi connectivity index (χ0n) is 14.5. The number of hydrogen-bond donors (Lipinski definition) is 0. The van der Waals surface area contributed by atoms with Crippen LogP contribution < -0.4 is 0 Å². The first kappa shape index (κ1) is 18.4. The number of amides is 1. The second-order valence-electron chi connectivity index (χ2n) is 6.81. The van der Waals surface area contributed by atoms with Crippen molar-refractivity contribution in [2.24, 2.45) is 0 Å². The lowest BCUT2D eigenvalue weighted by molar-refractivity contribution is -0.140. The molecule has 0 spiro atoms. The van der Waals surface area contributed by atoms with E-state index in [1.807, 2.05) is 5.38 Å². The van der Waals surface area contributed by atoms with Gasteiger partial charge < -0.3 is 9.64 Å². The van der Waals surface area contributed by atoms with E-state index in [-0.39, 0.29) is 23.5 Å². The van der Waals surface area contributed by atoms with Gasteiger partial charge in [-0.3, -0.25) is 4.79 Å². The number of carbonyl (C=O) groups excluding carboxylic acids is 2. The van der Waals surface area contributed by atoms with Crippen LogP contribution in [0.3, 0.4) is 0 Å². The fraction of sp³-hybridized carbons (Fsp3) is 0.647. The largest absolute Gasteiger partial charge is 0.449 e. The average molecular weight is 386 g/mol. The molecule has 8 heteroatoms. The van der Waals surface area contributed by atoms with E-state index in [0.717, 1.165) is 31.2 Å².